The molecule has 1 aliphatic heterocycles. The Bertz CT molecular complexity index is 383. The fourth-order valence-corrected chi connectivity index (χ4v) is 2.11. The van der Waals surface area contributed by atoms with Crippen LogP contribution in [0.3, 0.4) is 0 Å². The van der Waals surface area contributed by atoms with E-state index in [-0.39, 0.29) is 18.3 Å². The van der Waals surface area contributed by atoms with Gasteiger partial charge in [-0.05, 0) is 13.8 Å². The van der Waals surface area contributed by atoms with Crippen molar-refractivity contribution in [1.29, 1.82) is 0 Å². The van der Waals surface area contributed by atoms with Gasteiger partial charge in [-0.25, -0.2) is 9.97 Å². The molecule has 1 aromatic heterocycles. The predicted molar refractivity (Wildman–Crippen MR) is 65.3 cm³/mol. The summed E-state index contributed by atoms with van der Waals surface area (Å²) < 4.78 is 5.73. The number of morpholine rings is 1. The van der Waals surface area contributed by atoms with Gasteiger partial charge in [0.05, 0.1) is 35.7 Å². The summed E-state index contributed by atoms with van der Waals surface area (Å²) in [5, 5.41) is 9.73. The van der Waals surface area contributed by atoms with Crippen LogP contribution in [0, 0.1) is 0 Å². The zero-order valence-corrected chi connectivity index (χ0v) is 10.7. The lowest BCUT2D eigenvalue weighted by molar-refractivity contribution is -0.101. The summed E-state index contributed by atoms with van der Waals surface area (Å²) in [6.07, 6.45) is 2.93. The lowest BCUT2D eigenvalue weighted by atomic mass is 10.1. The van der Waals surface area contributed by atoms with Crippen molar-refractivity contribution in [1.82, 2.24) is 9.97 Å². The van der Waals surface area contributed by atoms with E-state index in [1.54, 1.807) is 12.4 Å². The van der Waals surface area contributed by atoms with Gasteiger partial charge in [-0.1, -0.05) is 11.6 Å². The van der Waals surface area contributed by atoms with Crippen molar-refractivity contribution in [3.05, 3.63) is 17.4 Å². The number of hydrogen-bond donors (Lipinski definition) is 1. The number of hydrogen-bond acceptors (Lipinski definition) is 5. The van der Waals surface area contributed by atoms with Gasteiger partial charge in [-0.2, -0.15) is 0 Å². The van der Waals surface area contributed by atoms with Crippen LogP contribution in [0.4, 0.5) is 5.95 Å². The quantitative estimate of drug-likeness (QED) is 0.860. The van der Waals surface area contributed by atoms with Crippen molar-refractivity contribution in [2.75, 3.05) is 24.6 Å². The number of ether oxygens (including phenoxy) is 1. The molecule has 1 aliphatic rings. The summed E-state index contributed by atoms with van der Waals surface area (Å²) in [4.78, 5) is 10.4. The van der Waals surface area contributed by atoms with E-state index in [0.717, 1.165) is 0 Å². The lowest BCUT2D eigenvalue weighted by Gasteiger charge is -2.42. The van der Waals surface area contributed by atoms with Gasteiger partial charge in [-0.15, -0.1) is 0 Å². The van der Waals surface area contributed by atoms with Crippen molar-refractivity contribution in [2.45, 2.75) is 25.6 Å². The molecular formula is C11H16ClN3O2. The van der Waals surface area contributed by atoms with Gasteiger partial charge in [0.25, 0.3) is 0 Å². The highest BCUT2D eigenvalue weighted by Crippen LogP contribution is 2.23. The largest absolute Gasteiger partial charge is 0.394 e. The molecule has 0 amide bonds. The molecule has 0 aromatic carbocycles. The first-order chi connectivity index (χ1) is 8.00. The normalized spacial score (nSPS) is 23.8. The number of rotatable bonds is 2. The first kappa shape index (κ1) is 12.5. The predicted octanol–water partition coefficient (Wildman–Crippen LogP) is 1.11. The molecule has 1 atom stereocenters. The molecule has 0 aliphatic carbocycles. The molecule has 1 fully saturated rings. The van der Waals surface area contributed by atoms with Crippen molar-refractivity contribution in [2.24, 2.45) is 0 Å². The Kier molecular flexibility index (Phi) is 3.51. The molecule has 1 aromatic rings. The second-order valence-corrected chi connectivity index (χ2v) is 5.20. The summed E-state index contributed by atoms with van der Waals surface area (Å²) in [5.74, 6) is 0.615. The zero-order chi connectivity index (χ0) is 12.5. The summed E-state index contributed by atoms with van der Waals surface area (Å²) in [6.45, 7) is 5.23. The highest BCUT2D eigenvalue weighted by molar-refractivity contribution is 6.30. The molecule has 6 heteroatoms. The number of aliphatic hydroxyl groups excluding tert-OH is 1. The average Bonchev–Trinajstić information content (AvgIpc) is 2.27. The highest BCUT2D eigenvalue weighted by Gasteiger charge is 2.34. The minimum absolute atomic E-state index is 0.00643. The van der Waals surface area contributed by atoms with Gasteiger partial charge in [0.1, 0.15) is 0 Å². The molecule has 2 heterocycles. The molecule has 1 unspecified atom stereocenters. The maximum absolute atomic E-state index is 9.22. The standard InChI is InChI=1S/C11H16ClN3O2/c1-11(2)7-15(5-9(6-16)17-11)10-13-3-8(12)4-14-10/h3-4,9,16H,5-7H2,1-2H3. The van der Waals surface area contributed by atoms with Crippen LogP contribution >= 0.6 is 11.6 Å². The van der Waals surface area contributed by atoms with Crippen LogP contribution in [0.1, 0.15) is 13.8 Å². The molecule has 1 N–H and O–H groups in total. The topological polar surface area (TPSA) is 58.5 Å². The van der Waals surface area contributed by atoms with Crippen molar-refractivity contribution < 1.29 is 9.84 Å². The molecule has 0 saturated carbocycles. The Balaban J connectivity index is 2.17. The van der Waals surface area contributed by atoms with E-state index >= 15 is 0 Å². The van der Waals surface area contributed by atoms with E-state index < -0.39 is 0 Å². The molecule has 0 bridgehead atoms. The summed E-state index contributed by atoms with van der Waals surface area (Å²) in [5.41, 5.74) is -0.325. The zero-order valence-electron chi connectivity index (χ0n) is 9.93. The van der Waals surface area contributed by atoms with Crippen LogP contribution in [-0.2, 0) is 4.74 Å². The van der Waals surface area contributed by atoms with Crippen molar-refractivity contribution in [3.8, 4) is 0 Å². The van der Waals surface area contributed by atoms with Crippen LogP contribution in [0.15, 0.2) is 12.4 Å². The Morgan fingerprint density at radius 3 is 2.76 bits per heavy atom. The third-order valence-electron chi connectivity index (χ3n) is 2.57. The molecular weight excluding hydrogens is 242 g/mol. The second-order valence-electron chi connectivity index (χ2n) is 4.76. The van der Waals surface area contributed by atoms with Gasteiger partial charge in [-0.3, -0.25) is 0 Å². The van der Waals surface area contributed by atoms with Gasteiger partial charge < -0.3 is 14.7 Å². The van der Waals surface area contributed by atoms with Gasteiger partial charge in [0.2, 0.25) is 5.95 Å². The Morgan fingerprint density at radius 2 is 2.18 bits per heavy atom. The minimum Gasteiger partial charge on any atom is -0.394 e. The van der Waals surface area contributed by atoms with Gasteiger partial charge in [0.15, 0.2) is 0 Å². The molecule has 1 saturated heterocycles. The Morgan fingerprint density at radius 1 is 1.53 bits per heavy atom. The van der Waals surface area contributed by atoms with Crippen LogP contribution in [0.5, 0.6) is 0 Å². The van der Waals surface area contributed by atoms with Crippen LogP contribution < -0.4 is 4.90 Å². The second kappa shape index (κ2) is 4.76. The molecule has 5 nitrogen and oxygen atoms in total. The minimum atomic E-state index is -0.325. The summed E-state index contributed by atoms with van der Waals surface area (Å²) >= 11 is 5.75. The Hall–Kier alpha value is -0.910. The lowest BCUT2D eigenvalue weighted by Crippen LogP contribution is -2.54. The van der Waals surface area contributed by atoms with Crippen LogP contribution in [0.25, 0.3) is 0 Å². The molecule has 2 rings (SSSR count). The first-order valence-corrected chi connectivity index (χ1v) is 5.89. The van der Waals surface area contributed by atoms with Crippen molar-refractivity contribution >= 4 is 17.5 Å². The molecule has 0 spiro atoms. The maximum atomic E-state index is 9.22. The Labute approximate surface area is 105 Å². The third-order valence-corrected chi connectivity index (χ3v) is 2.77. The van der Waals surface area contributed by atoms with E-state index in [4.69, 9.17) is 16.3 Å². The number of halogens is 1. The van der Waals surface area contributed by atoms with E-state index in [1.165, 1.54) is 0 Å². The SMILES string of the molecule is CC1(C)CN(c2ncc(Cl)cn2)CC(CO)O1. The number of aromatic nitrogens is 2. The van der Waals surface area contributed by atoms with Gasteiger partial charge >= 0.3 is 0 Å². The number of anilines is 1. The van der Waals surface area contributed by atoms with Crippen molar-refractivity contribution in [3.63, 3.8) is 0 Å². The molecule has 17 heavy (non-hydrogen) atoms. The van der Waals surface area contributed by atoms with Gasteiger partial charge in [0, 0.05) is 13.1 Å². The van der Waals surface area contributed by atoms with Crippen LogP contribution in [-0.4, -0.2) is 46.5 Å². The smallest absolute Gasteiger partial charge is 0.225 e. The van der Waals surface area contributed by atoms with E-state index in [1.807, 2.05) is 18.7 Å². The highest BCUT2D eigenvalue weighted by atomic mass is 35.5. The number of nitrogens with zero attached hydrogens (tertiary/aromatic N) is 3. The average molecular weight is 258 g/mol. The first-order valence-electron chi connectivity index (χ1n) is 5.51. The maximum Gasteiger partial charge on any atom is 0.225 e. The summed E-state index contributed by atoms with van der Waals surface area (Å²) in [6, 6.07) is 0. The summed E-state index contributed by atoms with van der Waals surface area (Å²) in [7, 11) is 0. The molecule has 0 radical (unpaired) electrons. The van der Waals surface area contributed by atoms with E-state index in [2.05, 4.69) is 9.97 Å². The molecule has 94 valence electrons. The van der Waals surface area contributed by atoms with Crippen LogP contribution in [0.2, 0.25) is 5.02 Å². The van der Waals surface area contributed by atoms with E-state index in [9.17, 15) is 5.11 Å². The monoisotopic (exact) mass is 257 g/mol. The number of aliphatic hydroxyl groups is 1. The fourth-order valence-electron chi connectivity index (χ4n) is 2.01. The van der Waals surface area contributed by atoms with E-state index in [0.29, 0.717) is 24.1 Å². The fraction of sp³-hybridized carbons (Fsp3) is 0.636. The third kappa shape index (κ3) is 3.06.